The summed E-state index contributed by atoms with van der Waals surface area (Å²) in [5, 5.41) is 2.37. The molecule has 354 valence electrons. The molecule has 0 spiro atoms. The highest BCUT2D eigenvalue weighted by molar-refractivity contribution is 7.45. The van der Waals surface area contributed by atoms with Gasteiger partial charge in [0.2, 0.25) is 5.91 Å². The molecular formula is C47H84N2O11P-. The predicted octanol–water partition coefficient (Wildman–Crippen LogP) is 10.5. The summed E-state index contributed by atoms with van der Waals surface area (Å²) >= 11 is 0. The number of nitrogens with zero attached hydrogens (tertiary/aromatic N) is 1. The number of carbonyl (C=O) groups is 5. The van der Waals surface area contributed by atoms with Crippen LogP contribution in [0.1, 0.15) is 219 Å². The molecular weight excluding hydrogens is 799 g/mol. The SMILES string of the molecule is CCCCCCCCCCCCCCCCCC(=O)OC[C@H](COP(=O)([O-])OCCNC(=O)CN1C(=O)C=CC1=O)OC(=O)CCCCCCCCCCCCCCCCC. The average Bonchev–Trinajstić information content (AvgIpc) is 3.55. The van der Waals surface area contributed by atoms with Crippen LogP contribution in [-0.2, 0) is 47.1 Å². The predicted molar refractivity (Wildman–Crippen MR) is 238 cm³/mol. The molecule has 1 unspecified atom stereocenters. The zero-order valence-corrected chi connectivity index (χ0v) is 39.2. The van der Waals surface area contributed by atoms with Gasteiger partial charge in [0, 0.05) is 31.5 Å². The van der Waals surface area contributed by atoms with E-state index in [0.29, 0.717) is 12.8 Å². The molecule has 13 nitrogen and oxygen atoms in total. The molecule has 0 fully saturated rings. The number of hydrogen-bond acceptors (Lipinski definition) is 11. The summed E-state index contributed by atoms with van der Waals surface area (Å²) < 4.78 is 33.2. The van der Waals surface area contributed by atoms with E-state index in [1.165, 1.54) is 141 Å². The molecule has 0 saturated carbocycles. The van der Waals surface area contributed by atoms with Crippen LogP contribution in [0.4, 0.5) is 0 Å². The molecule has 1 rings (SSSR count). The minimum atomic E-state index is -4.91. The smallest absolute Gasteiger partial charge is 0.306 e. The highest BCUT2D eigenvalue weighted by Gasteiger charge is 2.26. The molecule has 2 atom stereocenters. The first-order valence-electron chi connectivity index (χ1n) is 24.3. The van der Waals surface area contributed by atoms with Gasteiger partial charge in [-0.1, -0.05) is 194 Å². The zero-order valence-electron chi connectivity index (χ0n) is 38.3. The maximum Gasteiger partial charge on any atom is 0.306 e. The van der Waals surface area contributed by atoms with Gasteiger partial charge in [-0.25, -0.2) is 0 Å². The van der Waals surface area contributed by atoms with E-state index in [1.807, 2.05) is 0 Å². The topological polar surface area (TPSA) is 178 Å². The van der Waals surface area contributed by atoms with Gasteiger partial charge >= 0.3 is 11.9 Å². The summed E-state index contributed by atoms with van der Waals surface area (Å²) in [6.07, 6.45) is 37.6. The highest BCUT2D eigenvalue weighted by Crippen LogP contribution is 2.38. The number of rotatable bonds is 44. The van der Waals surface area contributed by atoms with E-state index in [2.05, 4.69) is 19.2 Å². The molecule has 0 aliphatic carbocycles. The number of imide groups is 1. The summed E-state index contributed by atoms with van der Waals surface area (Å²) in [7, 11) is -4.91. The van der Waals surface area contributed by atoms with E-state index in [9.17, 15) is 33.4 Å². The molecule has 0 aromatic heterocycles. The van der Waals surface area contributed by atoms with Crippen LogP contribution in [-0.4, -0.2) is 73.6 Å². The maximum atomic E-state index is 12.7. The Balaban J connectivity index is 2.36. The number of ether oxygens (including phenoxy) is 2. The van der Waals surface area contributed by atoms with Gasteiger partial charge in [0.05, 0.1) is 13.2 Å². The maximum absolute atomic E-state index is 12.7. The third-order valence-electron chi connectivity index (χ3n) is 11.0. The summed E-state index contributed by atoms with van der Waals surface area (Å²) in [4.78, 5) is 73.9. The standard InChI is InChI=1S/C47H85N2O11P/c1-3-5-7-9-11-13-15-17-19-21-23-25-27-29-31-33-46(53)57-40-42(41-59-61(55,56)58-38-37-48-43(50)39-49-44(51)35-36-45(49)52)60-47(54)34-32-30-28-26-24-22-20-18-16-14-12-10-8-6-4-2/h35-36,42H,3-34,37-41H2,1-2H3,(H,48,50)(H,55,56)/p-1/t42-/m1/s1. The van der Waals surface area contributed by atoms with Gasteiger partial charge in [0.1, 0.15) is 13.2 Å². The first-order chi connectivity index (χ1) is 29.6. The second kappa shape index (κ2) is 39.0. The average molecular weight is 884 g/mol. The second-order valence-corrected chi connectivity index (χ2v) is 18.1. The lowest BCUT2D eigenvalue weighted by Crippen LogP contribution is -2.41. The Labute approximate surface area is 369 Å². The Hall–Kier alpha value is -2.60. The number of unbranched alkanes of at least 4 members (excludes halogenated alkanes) is 28. The monoisotopic (exact) mass is 884 g/mol. The third-order valence-corrected chi connectivity index (χ3v) is 12.0. The molecule has 1 heterocycles. The lowest BCUT2D eigenvalue weighted by Gasteiger charge is -2.25. The van der Waals surface area contributed by atoms with Gasteiger partial charge in [-0.15, -0.1) is 0 Å². The van der Waals surface area contributed by atoms with Crippen molar-refractivity contribution < 1.29 is 52.0 Å². The van der Waals surface area contributed by atoms with Crippen molar-refractivity contribution in [2.45, 2.75) is 225 Å². The van der Waals surface area contributed by atoms with E-state index in [0.717, 1.165) is 55.6 Å². The Kier molecular flexibility index (Phi) is 36.1. The Morgan fingerprint density at radius 1 is 0.574 bits per heavy atom. The Morgan fingerprint density at radius 2 is 0.951 bits per heavy atom. The van der Waals surface area contributed by atoms with Crippen LogP contribution in [0, 0.1) is 0 Å². The molecule has 0 radical (unpaired) electrons. The van der Waals surface area contributed by atoms with E-state index < -0.39 is 63.3 Å². The normalized spacial score (nSPS) is 14.0. The lowest BCUT2D eigenvalue weighted by atomic mass is 10.0. The fourth-order valence-corrected chi connectivity index (χ4v) is 7.98. The number of nitrogens with one attached hydrogen (secondary N) is 1. The molecule has 1 N–H and O–H groups in total. The molecule has 0 aromatic rings. The minimum absolute atomic E-state index is 0.151. The summed E-state index contributed by atoms with van der Waals surface area (Å²) in [6, 6.07) is 0. The summed E-state index contributed by atoms with van der Waals surface area (Å²) in [5.74, 6) is -2.90. The van der Waals surface area contributed by atoms with Crippen molar-refractivity contribution in [1.82, 2.24) is 10.2 Å². The molecule has 1 aliphatic heterocycles. The van der Waals surface area contributed by atoms with E-state index in [4.69, 9.17) is 18.5 Å². The molecule has 1 aliphatic rings. The third kappa shape index (κ3) is 34.6. The van der Waals surface area contributed by atoms with Crippen molar-refractivity contribution in [3.63, 3.8) is 0 Å². The van der Waals surface area contributed by atoms with Gasteiger partial charge in [-0.3, -0.25) is 33.4 Å². The molecule has 61 heavy (non-hydrogen) atoms. The highest BCUT2D eigenvalue weighted by atomic mass is 31.2. The van der Waals surface area contributed by atoms with Gasteiger partial charge in [0.25, 0.3) is 19.6 Å². The molecule has 14 heteroatoms. The van der Waals surface area contributed by atoms with E-state index in [-0.39, 0.29) is 26.0 Å². The van der Waals surface area contributed by atoms with Gasteiger partial charge in [-0.05, 0) is 12.8 Å². The fraction of sp³-hybridized carbons (Fsp3) is 0.851. The number of phosphoric ester groups is 1. The lowest BCUT2D eigenvalue weighted by molar-refractivity contribution is -0.228. The van der Waals surface area contributed by atoms with Crippen LogP contribution in [0.3, 0.4) is 0 Å². The minimum Gasteiger partial charge on any atom is -0.756 e. The van der Waals surface area contributed by atoms with Crippen LogP contribution in [0.2, 0.25) is 0 Å². The van der Waals surface area contributed by atoms with Crippen molar-refractivity contribution in [1.29, 1.82) is 0 Å². The number of amides is 3. The number of hydrogen-bond donors (Lipinski definition) is 1. The van der Waals surface area contributed by atoms with Crippen LogP contribution in [0.15, 0.2) is 12.2 Å². The van der Waals surface area contributed by atoms with Crippen LogP contribution in [0.25, 0.3) is 0 Å². The molecule has 0 saturated heterocycles. The van der Waals surface area contributed by atoms with Crippen molar-refractivity contribution in [2.75, 3.05) is 32.9 Å². The first-order valence-corrected chi connectivity index (χ1v) is 25.8. The molecule has 0 aromatic carbocycles. The van der Waals surface area contributed by atoms with Crippen molar-refractivity contribution in [3.8, 4) is 0 Å². The van der Waals surface area contributed by atoms with Crippen molar-refractivity contribution in [2.24, 2.45) is 0 Å². The molecule has 3 amide bonds. The first kappa shape index (κ1) is 56.4. The van der Waals surface area contributed by atoms with Crippen LogP contribution < -0.4 is 10.2 Å². The van der Waals surface area contributed by atoms with Crippen molar-refractivity contribution in [3.05, 3.63) is 12.2 Å². The fourth-order valence-electron chi connectivity index (χ4n) is 7.25. The molecule has 0 bridgehead atoms. The number of phosphoric acid groups is 1. The number of carbonyl (C=O) groups excluding carboxylic acids is 5. The van der Waals surface area contributed by atoms with Gasteiger partial charge in [-0.2, -0.15) is 0 Å². The van der Waals surface area contributed by atoms with Crippen LogP contribution in [0.5, 0.6) is 0 Å². The quantitative estimate of drug-likeness (QED) is 0.0266. The summed E-state index contributed by atoms with van der Waals surface area (Å²) in [5.41, 5.74) is 0. The van der Waals surface area contributed by atoms with Crippen LogP contribution >= 0.6 is 7.82 Å². The van der Waals surface area contributed by atoms with E-state index in [1.54, 1.807) is 0 Å². The van der Waals surface area contributed by atoms with Gasteiger partial charge < -0.3 is 28.7 Å². The van der Waals surface area contributed by atoms with Gasteiger partial charge in [0.15, 0.2) is 6.10 Å². The Morgan fingerprint density at radius 3 is 1.36 bits per heavy atom. The van der Waals surface area contributed by atoms with Crippen molar-refractivity contribution >= 4 is 37.5 Å². The Bertz CT molecular complexity index is 1230. The summed E-state index contributed by atoms with van der Waals surface area (Å²) in [6.45, 7) is 2.28. The number of esters is 2. The largest absolute Gasteiger partial charge is 0.756 e. The van der Waals surface area contributed by atoms with E-state index >= 15 is 0 Å². The second-order valence-electron chi connectivity index (χ2n) is 16.7. The zero-order chi connectivity index (χ0) is 44.7.